The minimum absolute atomic E-state index is 0.0243. The van der Waals surface area contributed by atoms with Gasteiger partial charge in [0.2, 0.25) is 0 Å². The highest BCUT2D eigenvalue weighted by Crippen LogP contribution is 2.55. The van der Waals surface area contributed by atoms with Gasteiger partial charge in [-0.25, -0.2) is 0 Å². The topological polar surface area (TPSA) is 40.5 Å². The Kier molecular flexibility index (Phi) is 6.55. The zero-order chi connectivity index (χ0) is 24.1. The normalized spacial score (nSPS) is 14.9. The number of benzene rings is 1. The lowest BCUT2D eigenvalue weighted by Gasteiger charge is -2.37. The molecular formula is C16H14F12O2. The van der Waals surface area contributed by atoms with Crippen LogP contribution in [-0.2, 0) is 24.0 Å². The average molecular weight is 466 g/mol. The quantitative estimate of drug-likeness (QED) is 0.581. The van der Waals surface area contributed by atoms with E-state index in [0.29, 0.717) is 0 Å². The van der Waals surface area contributed by atoms with Crippen molar-refractivity contribution in [3.8, 4) is 0 Å². The summed E-state index contributed by atoms with van der Waals surface area (Å²) < 4.78 is 158. The minimum Gasteiger partial charge on any atom is -0.369 e. The van der Waals surface area contributed by atoms with Gasteiger partial charge in [-0.3, -0.25) is 0 Å². The fraction of sp³-hybridized carbons (Fsp3) is 0.625. The largest absolute Gasteiger partial charge is 0.430 e. The summed E-state index contributed by atoms with van der Waals surface area (Å²) in [5, 5.41) is 19.0. The second-order valence-electron chi connectivity index (χ2n) is 6.28. The standard InChI is InChI=1S/C16H14F12O2/c1-3-7-5-8(11(29,13(17,18)19)14(20,21)22)6-10(9(7)4-2)12(30,15(23,24)25)16(26,27)28/h5-6,29-30H,3-4H2,1-2H3. The van der Waals surface area contributed by atoms with Crippen molar-refractivity contribution in [1.82, 2.24) is 0 Å². The third kappa shape index (κ3) is 3.83. The van der Waals surface area contributed by atoms with Gasteiger partial charge in [-0.1, -0.05) is 19.9 Å². The van der Waals surface area contributed by atoms with Gasteiger partial charge in [0.15, 0.2) is 0 Å². The molecule has 14 heteroatoms. The van der Waals surface area contributed by atoms with Crippen LogP contribution in [0.25, 0.3) is 0 Å². The fourth-order valence-corrected chi connectivity index (χ4v) is 2.95. The highest BCUT2D eigenvalue weighted by molar-refractivity contribution is 5.47. The van der Waals surface area contributed by atoms with E-state index >= 15 is 0 Å². The van der Waals surface area contributed by atoms with Gasteiger partial charge in [0.25, 0.3) is 11.2 Å². The molecule has 0 fully saturated rings. The van der Waals surface area contributed by atoms with E-state index in [4.69, 9.17) is 0 Å². The number of rotatable bonds is 4. The Balaban J connectivity index is 4.24. The molecule has 0 spiro atoms. The summed E-state index contributed by atoms with van der Waals surface area (Å²) in [6.45, 7) is 2.03. The van der Waals surface area contributed by atoms with Gasteiger partial charge in [0.05, 0.1) is 0 Å². The van der Waals surface area contributed by atoms with E-state index in [2.05, 4.69) is 0 Å². The molecule has 0 aliphatic rings. The highest BCUT2D eigenvalue weighted by atomic mass is 19.4. The Bertz CT molecular complexity index is 743. The molecule has 1 aromatic carbocycles. The molecule has 0 amide bonds. The summed E-state index contributed by atoms with van der Waals surface area (Å²) in [5.41, 5.74) is -17.9. The predicted octanol–water partition coefficient (Wildman–Crippen LogP) is 5.44. The maximum absolute atomic E-state index is 13.3. The number of hydrogen-bond acceptors (Lipinski definition) is 2. The van der Waals surface area contributed by atoms with Crippen molar-refractivity contribution < 1.29 is 62.9 Å². The van der Waals surface area contributed by atoms with Crippen LogP contribution in [0.3, 0.4) is 0 Å². The molecule has 0 saturated carbocycles. The molecule has 1 aromatic rings. The van der Waals surface area contributed by atoms with Crippen molar-refractivity contribution in [3.05, 3.63) is 34.4 Å². The van der Waals surface area contributed by atoms with Crippen LogP contribution in [0.2, 0.25) is 0 Å². The van der Waals surface area contributed by atoms with Crippen LogP contribution in [0.1, 0.15) is 36.1 Å². The Morgan fingerprint density at radius 1 is 0.600 bits per heavy atom. The number of alkyl halides is 12. The summed E-state index contributed by atoms with van der Waals surface area (Å²) in [7, 11) is 0. The maximum Gasteiger partial charge on any atom is 0.430 e. The van der Waals surface area contributed by atoms with Gasteiger partial charge in [-0.2, -0.15) is 52.7 Å². The molecule has 2 nitrogen and oxygen atoms in total. The van der Waals surface area contributed by atoms with E-state index in [-0.39, 0.29) is 6.07 Å². The van der Waals surface area contributed by atoms with Crippen LogP contribution < -0.4 is 0 Å². The summed E-state index contributed by atoms with van der Waals surface area (Å²) in [6, 6.07) is -0.726. The lowest BCUT2D eigenvalue weighted by Crippen LogP contribution is -2.56. The summed E-state index contributed by atoms with van der Waals surface area (Å²) in [6.07, 6.45) is -27.5. The predicted molar refractivity (Wildman–Crippen MR) is 77.2 cm³/mol. The number of aliphatic hydroxyl groups is 2. The lowest BCUT2D eigenvalue weighted by atomic mass is 9.79. The van der Waals surface area contributed by atoms with Crippen molar-refractivity contribution in [2.75, 3.05) is 0 Å². The van der Waals surface area contributed by atoms with Gasteiger partial charge in [-0.15, -0.1) is 0 Å². The molecule has 0 bridgehead atoms. The second-order valence-corrected chi connectivity index (χ2v) is 6.28. The first-order chi connectivity index (χ1) is 13.1. The summed E-state index contributed by atoms with van der Waals surface area (Å²) in [4.78, 5) is 0. The van der Waals surface area contributed by atoms with E-state index in [1.54, 1.807) is 0 Å². The molecule has 174 valence electrons. The van der Waals surface area contributed by atoms with Gasteiger partial charge in [0, 0.05) is 11.1 Å². The minimum atomic E-state index is -6.56. The molecule has 0 aliphatic carbocycles. The fourth-order valence-electron chi connectivity index (χ4n) is 2.95. The third-order valence-corrected chi connectivity index (χ3v) is 4.53. The van der Waals surface area contributed by atoms with Crippen molar-refractivity contribution in [2.45, 2.75) is 62.6 Å². The molecule has 0 aliphatic heterocycles. The molecule has 0 radical (unpaired) electrons. The first kappa shape index (κ1) is 26.3. The number of halogens is 12. The maximum atomic E-state index is 13.3. The Hall–Kier alpha value is -1.70. The molecule has 30 heavy (non-hydrogen) atoms. The molecule has 0 saturated heterocycles. The van der Waals surface area contributed by atoms with Crippen molar-refractivity contribution in [3.63, 3.8) is 0 Å². The van der Waals surface area contributed by atoms with Gasteiger partial charge < -0.3 is 10.2 Å². The van der Waals surface area contributed by atoms with E-state index < -0.39 is 77.1 Å². The van der Waals surface area contributed by atoms with Gasteiger partial charge >= 0.3 is 24.7 Å². The van der Waals surface area contributed by atoms with Crippen molar-refractivity contribution in [2.24, 2.45) is 0 Å². The number of hydrogen-bond donors (Lipinski definition) is 2. The van der Waals surface area contributed by atoms with Crippen LogP contribution in [0.5, 0.6) is 0 Å². The van der Waals surface area contributed by atoms with Crippen LogP contribution >= 0.6 is 0 Å². The molecule has 0 unspecified atom stereocenters. The van der Waals surface area contributed by atoms with Gasteiger partial charge in [0.1, 0.15) is 0 Å². The molecule has 0 aromatic heterocycles. The van der Waals surface area contributed by atoms with Crippen molar-refractivity contribution >= 4 is 0 Å². The molecule has 2 N–H and O–H groups in total. The molecule has 0 atom stereocenters. The van der Waals surface area contributed by atoms with Crippen LogP contribution in [-0.4, -0.2) is 34.9 Å². The number of aryl methyl sites for hydroxylation is 1. The van der Waals surface area contributed by atoms with Crippen molar-refractivity contribution in [1.29, 1.82) is 0 Å². The third-order valence-electron chi connectivity index (χ3n) is 4.53. The van der Waals surface area contributed by atoms with Gasteiger partial charge in [-0.05, 0) is 30.0 Å². The van der Waals surface area contributed by atoms with Crippen LogP contribution in [0, 0.1) is 0 Å². The molecule has 0 heterocycles. The van der Waals surface area contributed by atoms with Crippen LogP contribution in [0.4, 0.5) is 52.7 Å². The van der Waals surface area contributed by atoms with E-state index in [1.165, 1.54) is 0 Å². The summed E-state index contributed by atoms with van der Waals surface area (Å²) >= 11 is 0. The van der Waals surface area contributed by atoms with E-state index in [9.17, 15) is 62.9 Å². The Labute approximate surface area is 161 Å². The Morgan fingerprint density at radius 3 is 1.23 bits per heavy atom. The monoisotopic (exact) mass is 466 g/mol. The average Bonchev–Trinajstić information content (AvgIpc) is 2.54. The summed E-state index contributed by atoms with van der Waals surface area (Å²) in [5.74, 6) is 0. The lowest BCUT2D eigenvalue weighted by molar-refractivity contribution is -0.378. The van der Waals surface area contributed by atoms with Crippen LogP contribution in [0.15, 0.2) is 12.1 Å². The SMILES string of the molecule is CCc1cc(C(O)(C(F)(F)F)C(F)(F)F)cc(C(O)(C(F)(F)F)C(F)(F)F)c1CC. The first-order valence-corrected chi connectivity index (χ1v) is 7.99. The first-order valence-electron chi connectivity index (χ1n) is 7.99. The van der Waals surface area contributed by atoms with E-state index in [1.807, 2.05) is 0 Å². The smallest absolute Gasteiger partial charge is 0.369 e. The zero-order valence-electron chi connectivity index (χ0n) is 15.0. The zero-order valence-corrected chi connectivity index (χ0v) is 15.0. The molecular weight excluding hydrogens is 452 g/mol. The second kappa shape index (κ2) is 7.46. The van der Waals surface area contributed by atoms with E-state index in [0.717, 1.165) is 13.8 Å². The molecule has 1 rings (SSSR count). The Morgan fingerprint density at radius 2 is 0.967 bits per heavy atom. The highest BCUT2D eigenvalue weighted by Gasteiger charge is 2.74.